The Kier molecular flexibility index (Phi) is 6.01. The summed E-state index contributed by atoms with van der Waals surface area (Å²) in [6.45, 7) is -0.449. The zero-order chi connectivity index (χ0) is 15.8. The van der Waals surface area contributed by atoms with Gasteiger partial charge in [-0.25, -0.2) is 4.39 Å². The van der Waals surface area contributed by atoms with Crippen LogP contribution in [-0.4, -0.2) is 20.9 Å². The first-order valence-corrected chi connectivity index (χ1v) is 7.26. The van der Waals surface area contributed by atoms with E-state index in [1.54, 1.807) is 20.3 Å². The monoisotopic (exact) mass is 300 g/mol. The van der Waals surface area contributed by atoms with Crippen LogP contribution in [-0.2, 0) is 6.42 Å². The highest BCUT2D eigenvalue weighted by Crippen LogP contribution is 2.25. The first-order valence-electron chi connectivity index (χ1n) is 7.26. The molecule has 0 bridgehead atoms. The lowest BCUT2D eigenvalue weighted by Crippen LogP contribution is -2.01. The molecule has 0 amide bonds. The van der Waals surface area contributed by atoms with Crippen LogP contribution >= 0.6 is 0 Å². The van der Waals surface area contributed by atoms with Crippen molar-refractivity contribution in [2.24, 2.45) is 0 Å². The van der Waals surface area contributed by atoms with Crippen LogP contribution in [0.15, 0.2) is 60.7 Å². The Morgan fingerprint density at radius 1 is 0.909 bits per heavy atom. The topological polar surface area (TPSA) is 18.5 Å². The molecular weight excluding hydrogens is 279 g/mol. The van der Waals surface area contributed by atoms with Crippen LogP contribution in [0.5, 0.6) is 11.5 Å². The maximum atomic E-state index is 12.5. The van der Waals surface area contributed by atoms with E-state index in [1.807, 2.05) is 54.6 Å². The molecule has 0 fully saturated rings. The molecule has 0 saturated heterocycles. The van der Waals surface area contributed by atoms with Gasteiger partial charge >= 0.3 is 0 Å². The SMILES string of the molecule is COc1ccc(CC(/C=C/CF)c2ccc(OC)cc2)cc1. The molecule has 22 heavy (non-hydrogen) atoms. The zero-order valence-corrected chi connectivity index (χ0v) is 13.0. The molecule has 2 aromatic carbocycles. The Labute approximate surface area is 131 Å². The molecule has 0 aromatic heterocycles. The molecule has 2 aromatic rings. The van der Waals surface area contributed by atoms with E-state index in [1.165, 1.54) is 5.56 Å². The number of allylic oxidation sites excluding steroid dienone is 2. The number of hydrogen-bond donors (Lipinski definition) is 0. The molecule has 3 heteroatoms. The van der Waals surface area contributed by atoms with Crippen molar-refractivity contribution in [3.8, 4) is 11.5 Å². The Bertz CT molecular complexity index is 588. The van der Waals surface area contributed by atoms with Crippen molar-refractivity contribution in [3.05, 3.63) is 71.8 Å². The molecule has 0 aliphatic rings. The maximum Gasteiger partial charge on any atom is 0.118 e. The second-order valence-electron chi connectivity index (χ2n) is 5.01. The van der Waals surface area contributed by atoms with Gasteiger partial charge in [0, 0.05) is 5.92 Å². The van der Waals surface area contributed by atoms with Gasteiger partial charge < -0.3 is 9.47 Å². The predicted molar refractivity (Wildman–Crippen MR) is 87.5 cm³/mol. The minimum absolute atomic E-state index is 0.134. The summed E-state index contributed by atoms with van der Waals surface area (Å²) in [4.78, 5) is 0. The molecule has 2 rings (SSSR count). The Morgan fingerprint density at radius 2 is 1.45 bits per heavy atom. The molecule has 0 aliphatic heterocycles. The lowest BCUT2D eigenvalue weighted by molar-refractivity contribution is 0.414. The number of rotatable bonds is 7. The van der Waals surface area contributed by atoms with Crippen LogP contribution in [0.3, 0.4) is 0 Å². The summed E-state index contributed by atoms with van der Waals surface area (Å²) in [5.41, 5.74) is 2.33. The quantitative estimate of drug-likeness (QED) is 0.698. The van der Waals surface area contributed by atoms with Gasteiger partial charge in [0.1, 0.15) is 18.2 Å². The van der Waals surface area contributed by atoms with Gasteiger partial charge in [0.05, 0.1) is 14.2 Å². The smallest absolute Gasteiger partial charge is 0.118 e. The van der Waals surface area contributed by atoms with E-state index in [0.717, 1.165) is 23.5 Å². The van der Waals surface area contributed by atoms with Crippen LogP contribution in [0.25, 0.3) is 0 Å². The number of methoxy groups -OCH3 is 2. The van der Waals surface area contributed by atoms with Crippen molar-refractivity contribution in [1.82, 2.24) is 0 Å². The second-order valence-corrected chi connectivity index (χ2v) is 5.01. The third-order valence-corrected chi connectivity index (χ3v) is 3.62. The van der Waals surface area contributed by atoms with Gasteiger partial charge in [-0.05, 0) is 41.8 Å². The predicted octanol–water partition coefficient (Wildman–Crippen LogP) is 4.56. The van der Waals surface area contributed by atoms with Gasteiger partial charge in [-0.15, -0.1) is 0 Å². The standard InChI is InChI=1S/C19H21FO2/c1-21-18-9-5-15(6-10-18)14-17(4-3-13-20)16-7-11-19(22-2)12-8-16/h3-12,17H,13-14H2,1-2H3/b4-3+. The highest BCUT2D eigenvalue weighted by Gasteiger charge is 2.10. The highest BCUT2D eigenvalue weighted by molar-refractivity contribution is 5.34. The van der Waals surface area contributed by atoms with E-state index < -0.39 is 6.67 Å². The Hall–Kier alpha value is -2.29. The molecule has 116 valence electrons. The molecule has 0 N–H and O–H groups in total. The van der Waals surface area contributed by atoms with E-state index in [0.29, 0.717) is 0 Å². The summed E-state index contributed by atoms with van der Waals surface area (Å²) >= 11 is 0. The summed E-state index contributed by atoms with van der Waals surface area (Å²) in [7, 11) is 3.30. The van der Waals surface area contributed by atoms with Gasteiger partial charge in [0.15, 0.2) is 0 Å². The van der Waals surface area contributed by atoms with E-state index in [9.17, 15) is 4.39 Å². The number of hydrogen-bond acceptors (Lipinski definition) is 2. The van der Waals surface area contributed by atoms with E-state index >= 15 is 0 Å². The van der Waals surface area contributed by atoms with Crippen molar-refractivity contribution in [2.75, 3.05) is 20.9 Å². The average Bonchev–Trinajstić information content (AvgIpc) is 2.59. The lowest BCUT2D eigenvalue weighted by atomic mass is 9.91. The van der Waals surface area contributed by atoms with E-state index in [2.05, 4.69) is 0 Å². The highest BCUT2D eigenvalue weighted by atomic mass is 19.1. The number of alkyl halides is 1. The molecule has 0 spiro atoms. The van der Waals surface area contributed by atoms with Crippen LogP contribution in [0.4, 0.5) is 4.39 Å². The Balaban J connectivity index is 2.18. The summed E-state index contributed by atoms with van der Waals surface area (Å²) in [5.74, 6) is 1.79. The van der Waals surface area contributed by atoms with Gasteiger partial charge in [-0.1, -0.05) is 36.4 Å². The van der Waals surface area contributed by atoms with Crippen molar-refractivity contribution in [3.63, 3.8) is 0 Å². The van der Waals surface area contributed by atoms with Crippen LogP contribution in [0.1, 0.15) is 17.0 Å². The summed E-state index contributed by atoms with van der Waals surface area (Å²) < 4.78 is 22.9. The van der Waals surface area contributed by atoms with Gasteiger partial charge in [0.25, 0.3) is 0 Å². The van der Waals surface area contributed by atoms with Crippen molar-refractivity contribution in [1.29, 1.82) is 0 Å². The Morgan fingerprint density at radius 3 is 1.95 bits per heavy atom. The molecular formula is C19H21FO2. The van der Waals surface area contributed by atoms with Crippen molar-refractivity contribution in [2.45, 2.75) is 12.3 Å². The molecule has 1 unspecified atom stereocenters. The van der Waals surface area contributed by atoms with Crippen LogP contribution < -0.4 is 9.47 Å². The van der Waals surface area contributed by atoms with Crippen molar-refractivity contribution >= 4 is 0 Å². The fourth-order valence-electron chi connectivity index (χ4n) is 2.38. The van der Waals surface area contributed by atoms with Gasteiger partial charge in [0.2, 0.25) is 0 Å². The third kappa shape index (κ3) is 4.35. The third-order valence-electron chi connectivity index (χ3n) is 3.62. The zero-order valence-electron chi connectivity index (χ0n) is 13.0. The van der Waals surface area contributed by atoms with Crippen LogP contribution in [0, 0.1) is 0 Å². The lowest BCUT2D eigenvalue weighted by Gasteiger charge is -2.14. The van der Waals surface area contributed by atoms with Crippen LogP contribution in [0.2, 0.25) is 0 Å². The van der Waals surface area contributed by atoms with E-state index in [4.69, 9.17) is 9.47 Å². The minimum Gasteiger partial charge on any atom is -0.497 e. The molecule has 0 aliphatic carbocycles. The number of ether oxygens (including phenoxy) is 2. The maximum absolute atomic E-state index is 12.5. The first kappa shape index (κ1) is 16.1. The summed E-state index contributed by atoms with van der Waals surface area (Å²) in [6, 6.07) is 15.9. The van der Waals surface area contributed by atoms with Crippen molar-refractivity contribution < 1.29 is 13.9 Å². The average molecular weight is 300 g/mol. The second kappa shape index (κ2) is 8.23. The first-order chi connectivity index (χ1) is 10.8. The number of halogens is 1. The molecule has 0 heterocycles. The fraction of sp³-hybridized carbons (Fsp3) is 0.263. The molecule has 2 nitrogen and oxygen atoms in total. The number of benzene rings is 2. The largest absolute Gasteiger partial charge is 0.497 e. The fourth-order valence-corrected chi connectivity index (χ4v) is 2.38. The van der Waals surface area contributed by atoms with Gasteiger partial charge in [-0.2, -0.15) is 0 Å². The molecule has 1 atom stereocenters. The minimum atomic E-state index is -0.449. The summed E-state index contributed by atoms with van der Waals surface area (Å²) in [6.07, 6.45) is 4.30. The normalized spacial score (nSPS) is 12.3. The van der Waals surface area contributed by atoms with E-state index in [-0.39, 0.29) is 5.92 Å². The molecule has 0 saturated carbocycles. The van der Waals surface area contributed by atoms with Gasteiger partial charge in [-0.3, -0.25) is 0 Å². The summed E-state index contributed by atoms with van der Waals surface area (Å²) in [5, 5.41) is 0. The molecule has 0 radical (unpaired) electrons.